The molecule has 0 aliphatic heterocycles. The third-order valence-electron chi connectivity index (χ3n) is 2.73. The molecule has 104 valence electrons. The zero-order chi connectivity index (χ0) is 13.8. The molecule has 2 rings (SSSR count). The van der Waals surface area contributed by atoms with Crippen molar-refractivity contribution in [3.63, 3.8) is 0 Å². The van der Waals surface area contributed by atoms with Gasteiger partial charge in [0.15, 0.2) is 0 Å². The minimum atomic E-state index is 0.0351. The van der Waals surface area contributed by atoms with Gasteiger partial charge in [0.2, 0.25) is 0 Å². The molecule has 0 fully saturated rings. The first-order valence-electron chi connectivity index (χ1n) is 6.10. The van der Waals surface area contributed by atoms with Gasteiger partial charge in [-0.2, -0.15) is 0 Å². The molecule has 1 aromatic heterocycles. The zero-order valence-electron chi connectivity index (χ0n) is 11.1. The lowest BCUT2D eigenvalue weighted by atomic mass is 10.3. The van der Waals surface area contributed by atoms with Crippen LogP contribution in [0.3, 0.4) is 0 Å². The molecule has 0 N–H and O–H groups in total. The molecule has 0 amide bonds. The van der Waals surface area contributed by atoms with Crippen molar-refractivity contribution in [1.29, 1.82) is 0 Å². The first-order chi connectivity index (χ1) is 9.08. The predicted molar refractivity (Wildman–Crippen MR) is 80.5 cm³/mol. The Morgan fingerprint density at radius 2 is 2.16 bits per heavy atom. The highest BCUT2D eigenvalue weighted by Gasteiger charge is 2.07. The number of rotatable bonds is 6. The van der Waals surface area contributed by atoms with Gasteiger partial charge in [0.05, 0.1) is 29.8 Å². The Labute approximate surface area is 121 Å². The third kappa shape index (κ3) is 3.79. The molecule has 6 heteroatoms. The molecular weight excluding hydrogens is 284 g/mol. The van der Waals surface area contributed by atoms with Gasteiger partial charge in [-0.15, -0.1) is 0 Å². The van der Waals surface area contributed by atoms with Gasteiger partial charge in [-0.25, -0.2) is 0 Å². The van der Waals surface area contributed by atoms with E-state index in [1.54, 1.807) is 16.1 Å². The van der Waals surface area contributed by atoms with Gasteiger partial charge in [-0.1, -0.05) is 23.1 Å². The number of aromatic nitrogens is 1. The monoisotopic (exact) mass is 300 g/mol. The maximum absolute atomic E-state index is 12.1. The lowest BCUT2D eigenvalue weighted by Gasteiger charge is -2.09. The van der Waals surface area contributed by atoms with Crippen molar-refractivity contribution in [2.45, 2.75) is 6.54 Å². The second kappa shape index (κ2) is 6.52. The molecule has 0 atom stereocenters. The Morgan fingerprint density at radius 1 is 1.37 bits per heavy atom. The molecule has 0 radical (unpaired) electrons. The summed E-state index contributed by atoms with van der Waals surface area (Å²) in [6, 6.07) is 5.35. The molecule has 1 heterocycles. The summed E-state index contributed by atoms with van der Waals surface area (Å²) >= 11 is 7.35. The molecule has 0 unspecified atom stereocenters. The summed E-state index contributed by atoms with van der Waals surface area (Å²) in [6.45, 7) is 2.70. The Bertz CT molecular complexity index is 606. The van der Waals surface area contributed by atoms with Gasteiger partial charge in [-0.05, 0) is 32.3 Å². The quantitative estimate of drug-likeness (QED) is 0.768. The number of hydrogen-bond acceptors (Lipinski definition) is 4. The van der Waals surface area contributed by atoms with Crippen LogP contribution in [0.5, 0.6) is 0 Å². The van der Waals surface area contributed by atoms with Crippen molar-refractivity contribution in [1.82, 2.24) is 8.86 Å². The van der Waals surface area contributed by atoms with E-state index in [-0.39, 0.29) is 5.56 Å². The minimum absolute atomic E-state index is 0.0351. The lowest BCUT2D eigenvalue weighted by molar-refractivity contribution is 0.112. The third-order valence-corrected chi connectivity index (χ3v) is 4.07. The Morgan fingerprint density at radius 3 is 2.89 bits per heavy atom. The molecule has 0 saturated carbocycles. The Hall–Kier alpha value is -0.880. The molecule has 0 saturated heterocycles. The van der Waals surface area contributed by atoms with Gasteiger partial charge in [0, 0.05) is 11.6 Å². The van der Waals surface area contributed by atoms with Crippen LogP contribution in [0.4, 0.5) is 0 Å². The second-order valence-corrected chi connectivity index (χ2v) is 6.05. The number of ether oxygens (including phenoxy) is 1. The largest absolute Gasteiger partial charge is 0.378 e. The average Bonchev–Trinajstić information content (AvgIpc) is 2.65. The fraction of sp³-hybridized carbons (Fsp3) is 0.462. The van der Waals surface area contributed by atoms with E-state index in [0.717, 1.165) is 16.6 Å². The zero-order valence-corrected chi connectivity index (χ0v) is 12.6. The highest BCUT2D eigenvalue weighted by atomic mass is 35.5. The number of fused-ring (bicyclic) bond motifs is 1. The van der Waals surface area contributed by atoms with E-state index in [9.17, 15) is 4.79 Å². The second-order valence-electron chi connectivity index (χ2n) is 4.55. The van der Waals surface area contributed by atoms with E-state index >= 15 is 0 Å². The van der Waals surface area contributed by atoms with Crippen LogP contribution >= 0.6 is 23.1 Å². The van der Waals surface area contributed by atoms with Gasteiger partial charge in [0.25, 0.3) is 5.56 Å². The minimum Gasteiger partial charge on any atom is -0.378 e. The van der Waals surface area contributed by atoms with Crippen LogP contribution in [0.25, 0.3) is 10.1 Å². The summed E-state index contributed by atoms with van der Waals surface area (Å²) in [7, 11) is 4.01. The summed E-state index contributed by atoms with van der Waals surface area (Å²) in [4.78, 5) is 14.1. The smallest absolute Gasteiger partial charge is 0.268 e. The maximum atomic E-state index is 12.1. The van der Waals surface area contributed by atoms with E-state index in [1.165, 1.54) is 11.5 Å². The highest BCUT2D eigenvalue weighted by molar-refractivity contribution is 7.13. The topological polar surface area (TPSA) is 34.5 Å². The average molecular weight is 301 g/mol. The van der Waals surface area contributed by atoms with Gasteiger partial charge in [0.1, 0.15) is 0 Å². The van der Waals surface area contributed by atoms with E-state index in [4.69, 9.17) is 16.3 Å². The van der Waals surface area contributed by atoms with E-state index in [2.05, 4.69) is 4.90 Å². The fourth-order valence-corrected chi connectivity index (χ4v) is 2.94. The molecular formula is C13H17ClN2O2S. The van der Waals surface area contributed by atoms with E-state index in [0.29, 0.717) is 24.8 Å². The van der Waals surface area contributed by atoms with Crippen molar-refractivity contribution in [3.8, 4) is 0 Å². The predicted octanol–water partition coefficient (Wildman–Crippen LogP) is 2.29. The molecule has 4 nitrogen and oxygen atoms in total. The first kappa shape index (κ1) is 14.5. The van der Waals surface area contributed by atoms with Gasteiger partial charge in [-0.3, -0.25) is 8.75 Å². The molecule has 0 bridgehead atoms. The molecule has 0 spiro atoms. The van der Waals surface area contributed by atoms with Crippen molar-refractivity contribution in [2.24, 2.45) is 0 Å². The van der Waals surface area contributed by atoms with Gasteiger partial charge < -0.3 is 9.64 Å². The standard InChI is InChI=1S/C13H17ClN2O2S/c1-15(2)5-7-18-8-6-16-13(17)11-4-3-10(14)9-12(11)19-16/h3-4,9H,5-8H2,1-2H3. The van der Waals surface area contributed by atoms with Crippen LogP contribution in [0, 0.1) is 0 Å². The van der Waals surface area contributed by atoms with Crippen LogP contribution < -0.4 is 5.56 Å². The fourth-order valence-electron chi connectivity index (χ4n) is 1.69. The Balaban J connectivity index is 1.97. The van der Waals surface area contributed by atoms with E-state index < -0.39 is 0 Å². The molecule has 1 aromatic carbocycles. The summed E-state index contributed by atoms with van der Waals surface area (Å²) in [5, 5.41) is 1.38. The summed E-state index contributed by atoms with van der Waals surface area (Å²) < 4.78 is 8.14. The van der Waals surface area contributed by atoms with Crippen molar-refractivity contribution in [3.05, 3.63) is 33.6 Å². The Kier molecular flexibility index (Phi) is 4.99. The van der Waals surface area contributed by atoms with Crippen molar-refractivity contribution in [2.75, 3.05) is 33.9 Å². The molecule has 19 heavy (non-hydrogen) atoms. The first-order valence-corrected chi connectivity index (χ1v) is 7.25. The maximum Gasteiger partial charge on any atom is 0.268 e. The number of hydrogen-bond donors (Lipinski definition) is 0. The summed E-state index contributed by atoms with van der Waals surface area (Å²) in [5.41, 5.74) is 0.0351. The number of likely N-dealkylation sites (N-methyl/N-ethyl adjacent to an activating group) is 1. The number of nitrogens with zero attached hydrogens (tertiary/aromatic N) is 2. The normalized spacial score (nSPS) is 11.6. The summed E-state index contributed by atoms with van der Waals surface area (Å²) in [6.07, 6.45) is 0. The van der Waals surface area contributed by atoms with Crippen molar-refractivity contribution < 1.29 is 4.74 Å². The number of halogens is 1. The van der Waals surface area contributed by atoms with Crippen LogP contribution in [0.1, 0.15) is 0 Å². The van der Waals surface area contributed by atoms with Crippen LogP contribution in [-0.2, 0) is 11.3 Å². The van der Waals surface area contributed by atoms with Crippen LogP contribution in [0.2, 0.25) is 5.02 Å². The lowest BCUT2D eigenvalue weighted by Crippen LogP contribution is -2.21. The summed E-state index contributed by atoms with van der Waals surface area (Å²) in [5.74, 6) is 0. The molecule has 0 aliphatic carbocycles. The molecule has 0 aliphatic rings. The number of benzene rings is 1. The van der Waals surface area contributed by atoms with Crippen molar-refractivity contribution >= 4 is 33.2 Å². The van der Waals surface area contributed by atoms with Gasteiger partial charge >= 0.3 is 0 Å². The van der Waals surface area contributed by atoms with Crippen LogP contribution in [-0.4, -0.2) is 42.7 Å². The molecule has 2 aromatic rings. The SMILES string of the molecule is CN(C)CCOCCn1sc2cc(Cl)ccc2c1=O. The van der Waals surface area contributed by atoms with E-state index in [1.807, 2.05) is 20.2 Å². The van der Waals surface area contributed by atoms with Crippen LogP contribution in [0.15, 0.2) is 23.0 Å². The highest BCUT2D eigenvalue weighted by Crippen LogP contribution is 2.21.